The fourth-order valence-electron chi connectivity index (χ4n) is 7.47. The number of aliphatic hydroxyl groups excluding tert-OH is 1. The number of halogens is 8. The third-order valence-corrected chi connectivity index (χ3v) is 9.06. The first-order valence-corrected chi connectivity index (χ1v) is 16.1. The number of aliphatic hydroxyl groups is 1. The van der Waals surface area contributed by atoms with Gasteiger partial charge in [0.15, 0.2) is 0 Å². The molecule has 6 rings (SSSR count). The summed E-state index contributed by atoms with van der Waals surface area (Å²) in [6.07, 6.45) is 5.12. The van der Waals surface area contributed by atoms with Gasteiger partial charge < -0.3 is 60.1 Å². The van der Waals surface area contributed by atoms with Crippen LogP contribution in [0.25, 0.3) is 0 Å². The third kappa shape index (κ3) is 11.3. The van der Waals surface area contributed by atoms with Crippen molar-refractivity contribution in [3.8, 4) is 0 Å². The van der Waals surface area contributed by atoms with Crippen molar-refractivity contribution in [2.75, 3.05) is 34.4 Å². The van der Waals surface area contributed by atoms with Crippen LogP contribution in [0.4, 0.5) is 34.5 Å². The molecule has 0 amide bonds. The van der Waals surface area contributed by atoms with Gasteiger partial charge in [0.05, 0.1) is 61.2 Å². The number of likely N-dealkylation sites (tertiary alicyclic amines) is 2. The van der Waals surface area contributed by atoms with E-state index in [1.165, 1.54) is 14.2 Å². The molecule has 2 bridgehead atoms. The Hall–Kier alpha value is -4.57. The number of carbonyl (C=O) groups excluding carboxylic acids is 2. The van der Waals surface area contributed by atoms with E-state index in [1.807, 2.05) is 77.5 Å². The molecule has 2 fully saturated rings. The summed E-state index contributed by atoms with van der Waals surface area (Å²) in [5, 5.41) is 12.7. The summed E-state index contributed by atoms with van der Waals surface area (Å²) in [4.78, 5) is 51.2. The van der Waals surface area contributed by atoms with Crippen molar-refractivity contribution in [3.05, 3.63) is 120 Å². The summed E-state index contributed by atoms with van der Waals surface area (Å²) in [6, 6.07) is 19.8. The maximum atomic E-state index is 14.3. The second-order valence-corrected chi connectivity index (χ2v) is 12.3. The minimum absolute atomic E-state index is 0. The first kappa shape index (κ1) is 50.4. The minimum atomic E-state index is -6.00. The molecule has 0 saturated carbocycles. The van der Waals surface area contributed by atoms with Gasteiger partial charge in [-0.3, -0.25) is 39.3 Å². The quantitative estimate of drug-likeness (QED) is 0.162. The minimum Gasteiger partial charge on any atom is -0.468 e. The molecule has 5 atom stereocenters. The van der Waals surface area contributed by atoms with Crippen molar-refractivity contribution in [1.29, 1.82) is 0 Å². The van der Waals surface area contributed by atoms with E-state index in [4.69, 9.17) is 9.47 Å². The van der Waals surface area contributed by atoms with Crippen LogP contribution < -0.4 is 0 Å². The Morgan fingerprint density at radius 3 is 1.25 bits per heavy atom. The van der Waals surface area contributed by atoms with E-state index in [0.29, 0.717) is 22.8 Å². The number of nitrogens with zero attached hydrogens (tertiary/aromatic N) is 6. The summed E-state index contributed by atoms with van der Waals surface area (Å²) in [5.41, 5.74) is -0.995. The number of rotatable bonds is 7. The van der Waals surface area contributed by atoms with E-state index in [9.17, 15) is 49.2 Å². The third-order valence-electron chi connectivity index (χ3n) is 9.06. The zero-order valence-corrected chi connectivity index (χ0v) is 31.1. The molecule has 57 heavy (non-hydrogen) atoms. The van der Waals surface area contributed by atoms with Crippen molar-refractivity contribution in [1.82, 2.24) is 29.7 Å². The van der Waals surface area contributed by atoms with Gasteiger partial charge in [0.2, 0.25) is 0 Å². The molecule has 13 nitrogen and oxygen atoms in total. The fraction of sp³-hybridized carbons (Fsp3) is 0.333. The van der Waals surface area contributed by atoms with Crippen LogP contribution in [0.3, 0.4) is 0 Å². The predicted molar refractivity (Wildman–Crippen MR) is 186 cm³/mol. The fourth-order valence-corrected chi connectivity index (χ4v) is 7.47. The standard InChI is InChI=1S/C33H34N6O5.2BF4.Cu.2H2O/c1-38-27(24-14-6-10-18-36-24)32(30(41)43-2)20-39(26(22-12-4-8-16-34-22)23-13-5-9-17-35-23)21-33(29(32)40,31(42)44-3)28(38)25-15-7-11-19-37-25;2*2-1(3,4)5;;;/h4-19,26-29,40H,20-21H2,1-3H3;;;;2*1H2/q;2*-1;+2;;/t27-,28+,29?,32-,33+;;;;;. The molecule has 2 aliphatic heterocycles. The number of aromatic nitrogens is 4. The zero-order chi connectivity index (χ0) is 39.9. The van der Waals surface area contributed by atoms with E-state index >= 15 is 0 Å². The number of carbonyl (C=O) groups is 2. The largest absolute Gasteiger partial charge is 2.00 e. The number of hydrogen-bond donors (Lipinski definition) is 1. The summed E-state index contributed by atoms with van der Waals surface area (Å²) >= 11 is 0. The van der Waals surface area contributed by atoms with E-state index < -0.39 is 61.5 Å². The molecule has 24 heteroatoms. The van der Waals surface area contributed by atoms with Crippen molar-refractivity contribution in [3.63, 3.8) is 0 Å². The average Bonchev–Trinajstić information content (AvgIpc) is 3.12. The van der Waals surface area contributed by atoms with Gasteiger partial charge in [0, 0.05) is 37.9 Å². The number of hydrogen-bond acceptors (Lipinski definition) is 11. The summed E-state index contributed by atoms with van der Waals surface area (Å²) < 4.78 is 89.0. The molecular formula is C33H38B2CuF8N6O7. The normalized spacial score (nSPS) is 23.0. The Morgan fingerprint density at radius 1 is 0.667 bits per heavy atom. The average molecular weight is 868 g/mol. The zero-order valence-electron chi connectivity index (χ0n) is 30.2. The Labute approximate surface area is 332 Å². The number of fused-ring (bicyclic) bond motifs is 2. The van der Waals surface area contributed by atoms with Crippen LogP contribution in [0.1, 0.15) is 40.9 Å². The maximum absolute atomic E-state index is 14.3. The summed E-state index contributed by atoms with van der Waals surface area (Å²) in [5.74, 6) is -1.35. The number of methoxy groups -OCH3 is 2. The van der Waals surface area contributed by atoms with Crippen molar-refractivity contribution in [2.45, 2.75) is 24.2 Å². The van der Waals surface area contributed by atoms with Gasteiger partial charge in [-0.1, -0.05) is 24.3 Å². The Bertz CT molecular complexity index is 1700. The van der Waals surface area contributed by atoms with E-state index in [0.717, 1.165) is 0 Å². The molecule has 0 spiro atoms. The molecular weight excluding hydrogens is 830 g/mol. The smallest absolute Gasteiger partial charge is 0.468 e. The van der Waals surface area contributed by atoms with E-state index in [-0.39, 0.29) is 41.1 Å². The summed E-state index contributed by atoms with van der Waals surface area (Å²) in [6.45, 7) is -0.00413. The van der Waals surface area contributed by atoms with Gasteiger partial charge >= 0.3 is 43.5 Å². The first-order valence-electron chi connectivity index (χ1n) is 16.1. The molecule has 4 aromatic heterocycles. The van der Waals surface area contributed by atoms with Gasteiger partial charge in [-0.25, -0.2) is 0 Å². The monoisotopic (exact) mass is 867 g/mol. The molecule has 0 aromatic carbocycles. The van der Waals surface area contributed by atoms with Crippen LogP contribution >= 0.6 is 0 Å². The number of piperidine rings is 2. The van der Waals surface area contributed by atoms with Crippen LogP contribution in [0.2, 0.25) is 0 Å². The molecule has 5 N–H and O–H groups in total. The van der Waals surface area contributed by atoms with Crippen LogP contribution in [-0.2, 0) is 36.1 Å². The Kier molecular flexibility index (Phi) is 18.3. The molecule has 4 aromatic rings. The van der Waals surface area contributed by atoms with Crippen LogP contribution in [0.15, 0.2) is 97.6 Å². The SMILES string of the molecule is COC(=O)[C@@]12CN(C(c3ccccn3)c3ccccn3)C[C@@](C(=O)OC)(C1O)[C@H](c1ccccn1)N(C)[C@@H]2c1ccccn1.F[B-](F)(F)F.F[B-](F)(F)F.O.O.[Cu+2]. The summed E-state index contributed by atoms with van der Waals surface area (Å²) in [7, 11) is -7.60. The topological polar surface area (TPSA) is 194 Å². The van der Waals surface area contributed by atoms with Crippen molar-refractivity contribution >= 4 is 26.4 Å². The Morgan fingerprint density at radius 2 is 0.982 bits per heavy atom. The second-order valence-electron chi connectivity index (χ2n) is 12.3. The molecule has 315 valence electrons. The van der Waals surface area contributed by atoms with Crippen LogP contribution in [0, 0.1) is 10.8 Å². The molecule has 6 heterocycles. The van der Waals surface area contributed by atoms with Crippen molar-refractivity contribution in [2.24, 2.45) is 10.8 Å². The Balaban J connectivity index is 0.00000112. The van der Waals surface area contributed by atoms with E-state index in [1.54, 1.807) is 36.9 Å². The second kappa shape index (κ2) is 20.7. The van der Waals surface area contributed by atoms with Gasteiger partial charge in [-0.2, -0.15) is 0 Å². The number of esters is 2. The van der Waals surface area contributed by atoms with Crippen molar-refractivity contribution < 1.29 is 86.7 Å². The number of pyridine rings is 4. The van der Waals surface area contributed by atoms with Gasteiger partial charge in [0.25, 0.3) is 0 Å². The molecule has 0 aliphatic carbocycles. The predicted octanol–water partition coefficient (Wildman–Crippen LogP) is 3.73. The van der Waals surface area contributed by atoms with Gasteiger partial charge in [-0.15, -0.1) is 0 Å². The maximum Gasteiger partial charge on any atom is 2.00 e. The molecule has 1 radical (unpaired) electrons. The van der Waals surface area contributed by atoms with Gasteiger partial charge in [0.1, 0.15) is 10.8 Å². The number of ether oxygens (including phenoxy) is 2. The van der Waals surface area contributed by atoms with Crippen LogP contribution in [0.5, 0.6) is 0 Å². The molecule has 1 unspecified atom stereocenters. The van der Waals surface area contributed by atoms with E-state index in [2.05, 4.69) is 19.9 Å². The first-order chi connectivity index (χ1) is 25.4. The van der Waals surface area contributed by atoms with Gasteiger partial charge in [-0.05, 0) is 55.6 Å². The van der Waals surface area contributed by atoms with Crippen LogP contribution in [-0.4, -0.2) is 113 Å². The molecule has 2 saturated heterocycles. The molecule has 2 aliphatic rings.